The Morgan fingerprint density at radius 3 is 2.47 bits per heavy atom. The quantitative estimate of drug-likeness (QED) is 0.458. The molecular weight excluding hydrogens is 438 g/mol. The van der Waals surface area contributed by atoms with E-state index in [4.69, 9.17) is 4.74 Å². The summed E-state index contributed by atoms with van der Waals surface area (Å²) >= 11 is 0. The summed E-state index contributed by atoms with van der Waals surface area (Å²) in [7, 11) is -0.264. The summed E-state index contributed by atoms with van der Waals surface area (Å²) < 4.78 is 55.1. The zero-order valence-corrected chi connectivity index (χ0v) is 19.1. The molecule has 2 aromatic carbocycles. The summed E-state index contributed by atoms with van der Waals surface area (Å²) in [5, 5.41) is 10.2. The summed E-state index contributed by atoms with van der Waals surface area (Å²) in [6.45, 7) is 5.02. The number of ether oxygens (including phenoxy) is 1. The van der Waals surface area contributed by atoms with E-state index in [2.05, 4.69) is 20.5 Å². The summed E-state index contributed by atoms with van der Waals surface area (Å²) in [5.41, 5.74) is 1.76. The molecule has 10 heteroatoms. The molecule has 4 aromatic rings. The van der Waals surface area contributed by atoms with Crippen molar-refractivity contribution in [2.75, 3.05) is 19.5 Å². The lowest BCUT2D eigenvalue weighted by Gasteiger charge is -2.21. The molecule has 0 unspecified atom stereocenters. The molecule has 0 aliphatic rings. The highest BCUT2D eigenvalue weighted by atomic mass is 32.2. The van der Waals surface area contributed by atoms with Crippen LogP contribution in [0.1, 0.15) is 20.8 Å². The van der Waals surface area contributed by atoms with Crippen molar-refractivity contribution in [2.24, 2.45) is 0 Å². The lowest BCUT2D eigenvalue weighted by Crippen LogP contribution is -2.28. The molecule has 2 heterocycles. The largest absolute Gasteiger partial charge is 0.495 e. The molecule has 0 atom stereocenters. The highest BCUT2D eigenvalue weighted by Crippen LogP contribution is 2.36. The molecule has 0 radical (unpaired) electrons. The van der Waals surface area contributed by atoms with Crippen molar-refractivity contribution in [3.63, 3.8) is 0 Å². The van der Waals surface area contributed by atoms with Crippen LogP contribution in [0.5, 0.6) is 5.75 Å². The zero-order chi connectivity index (χ0) is 23.7. The van der Waals surface area contributed by atoms with Gasteiger partial charge in [0.05, 0.1) is 23.6 Å². The number of rotatable bonds is 3. The minimum atomic E-state index is -3.52. The average Bonchev–Trinajstić information content (AvgIpc) is 3.20. The van der Waals surface area contributed by atoms with E-state index in [1.54, 1.807) is 46.1 Å². The molecule has 0 saturated carbocycles. The first-order valence-corrected chi connectivity index (χ1v) is 11.1. The van der Waals surface area contributed by atoms with E-state index in [-0.39, 0.29) is 10.4 Å². The van der Waals surface area contributed by atoms with Gasteiger partial charge in [0.25, 0.3) is 0 Å². The van der Waals surface area contributed by atoms with Gasteiger partial charge in [0.15, 0.2) is 15.7 Å². The number of pyridine rings is 1. The Hall–Kier alpha value is -3.27. The molecule has 0 aliphatic heterocycles. The van der Waals surface area contributed by atoms with E-state index >= 15 is 0 Å². The van der Waals surface area contributed by atoms with E-state index in [0.717, 1.165) is 17.1 Å². The maximum absolute atomic E-state index is 12.8. The van der Waals surface area contributed by atoms with E-state index in [0.29, 0.717) is 16.7 Å². The van der Waals surface area contributed by atoms with Crippen molar-refractivity contribution in [3.05, 3.63) is 54.4 Å². The van der Waals surface area contributed by atoms with Gasteiger partial charge in [0.1, 0.15) is 22.0 Å². The average molecular weight is 463 g/mol. The molecule has 0 spiro atoms. The monoisotopic (exact) mass is 462 g/mol. The van der Waals surface area contributed by atoms with E-state index in [1.807, 2.05) is 6.07 Å². The second-order valence-corrected chi connectivity index (χ2v) is 10.6. The highest BCUT2D eigenvalue weighted by molar-refractivity contribution is 7.92. The van der Waals surface area contributed by atoms with Crippen molar-refractivity contribution < 1.29 is 21.9 Å². The second kappa shape index (κ2) is 8.70. The van der Waals surface area contributed by atoms with Gasteiger partial charge in [0, 0.05) is 41.8 Å². The van der Waals surface area contributed by atoms with Crippen LogP contribution in [-0.4, -0.2) is 42.5 Å². The minimum Gasteiger partial charge on any atom is -0.495 e. The predicted octanol–water partition coefficient (Wildman–Crippen LogP) is 4.70. The molecular formula is C22H24F2N4O3S. The molecule has 7 nitrogen and oxygen atoms in total. The maximum atomic E-state index is 12.8. The van der Waals surface area contributed by atoms with Crippen LogP contribution >= 0.6 is 0 Å². The predicted molar refractivity (Wildman–Crippen MR) is 121 cm³/mol. The molecule has 0 bridgehead atoms. The lowest BCUT2D eigenvalue weighted by atomic mass is 10.2. The minimum absolute atomic E-state index is 0.189. The molecule has 0 amide bonds. The van der Waals surface area contributed by atoms with Crippen molar-refractivity contribution in [1.29, 1.82) is 0 Å². The normalized spacial score (nSPS) is 11.8. The van der Waals surface area contributed by atoms with Crippen LogP contribution in [0.15, 0.2) is 47.6 Å². The fourth-order valence-corrected chi connectivity index (χ4v) is 4.39. The zero-order valence-electron chi connectivity index (χ0n) is 18.3. The number of hydrogen-bond acceptors (Lipinski definition) is 6. The summed E-state index contributed by atoms with van der Waals surface area (Å²) in [6, 6.07) is 7.15. The SMILES string of the molecule is CNc1ccnc2cc(OC)c(S(=O)(=O)C(C)(C)C)cc12.Fc1cc(F)c2[nH]ncc2c1. The van der Waals surface area contributed by atoms with E-state index < -0.39 is 26.2 Å². The number of benzene rings is 2. The number of methoxy groups -OCH3 is 1. The first-order chi connectivity index (χ1) is 15.0. The van der Waals surface area contributed by atoms with Crippen LogP contribution in [0, 0.1) is 11.6 Å². The fourth-order valence-electron chi connectivity index (χ4n) is 3.05. The molecule has 2 N–H and O–H groups in total. The summed E-state index contributed by atoms with van der Waals surface area (Å²) in [4.78, 5) is 4.46. The Morgan fingerprint density at radius 2 is 1.84 bits per heavy atom. The first kappa shape index (κ1) is 23.4. The first-order valence-electron chi connectivity index (χ1n) is 9.67. The lowest BCUT2D eigenvalue weighted by molar-refractivity contribution is 0.402. The number of halogens is 2. The van der Waals surface area contributed by atoms with E-state index in [1.165, 1.54) is 19.4 Å². The van der Waals surface area contributed by atoms with Crippen LogP contribution < -0.4 is 10.1 Å². The van der Waals surface area contributed by atoms with Crippen molar-refractivity contribution in [3.8, 4) is 5.75 Å². The van der Waals surface area contributed by atoms with Gasteiger partial charge in [-0.1, -0.05) is 0 Å². The molecule has 170 valence electrons. The van der Waals surface area contributed by atoms with Gasteiger partial charge >= 0.3 is 0 Å². The van der Waals surface area contributed by atoms with Gasteiger partial charge in [-0.05, 0) is 39.0 Å². The van der Waals surface area contributed by atoms with E-state index in [9.17, 15) is 17.2 Å². The molecule has 32 heavy (non-hydrogen) atoms. The third kappa shape index (κ3) is 4.36. The van der Waals surface area contributed by atoms with Gasteiger partial charge in [0.2, 0.25) is 0 Å². The third-order valence-electron chi connectivity index (χ3n) is 4.86. The Kier molecular flexibility index (Phi) is 6.36. The van der Waals surface area contributed by atoms with Gasteiger partial charge in [-0.15, -0.1) is 0 Å². The molecule has 0 aliphatic carbocycles. The third-order valence-corrected chi connectivity index (χ3v) is 7.37. The standard InChI is InChI=1S/C15H20N2O3S.C7H4F2N2/c1-15(2,3)21(18,19)14-8-10-11(16-4)6-7-17-12(10)9-13(14)20-5;8-5-1-4-3-10-11-7(4)6(9)2-5/h6-9H,1-5H3,(H,16,17);1-3H,(H,10,11). The van der Waals surface area contributed by atoms with Crippen molar-refractivity contribution in [2.45, 2.75) is 30.4 Å². The van der Waals surface area contributed by atoms with Gasteiger partial charge in [-0.25, -0.2) is 17.2 Å². The number of sulfone groups is 1. The summed E-state index contributed by atoms with van der Waals surface area (Å²) in [5.74, 6) is -0.882. The van der Waals surface area contributed by atoms with Crippen LogP contribution in [0.2, 0.25) is 0 Å². The van der Waals surface area contributed by atoms with Gasteiger partial charge in [-0.2, -0.15) is 5.10 Å². The fraction of sp³-hybridized carbons (Fsp3) is 0.273. The number of fused-ring (bicyclic) bond motifs is 2. The molecule has 0 saturated heterocycles. The number of nitrogens with one attached hydrogen (secondary N) is 2. The van der Waals surface area contributed by atoms with Gasteiger partial charge in [-0.3, -0.25) is 10.1 Å². The Balaban J connectivity index is 0.000000219. The number of aromatic amines is 1. The van der Waals surface area contributed by atoms with Crippen LogP contribution in [0.3, 0.4) is 0 Å². The number of hydrogen-bond donors (Lipinski definition) is 2. The smallest absolute Gasteiger partial charge is 0.186 e. The molecule has 2 aromatic heterocycles. The molecule has 4 rings (SSSR count). The van der Waals surface area contributed by atoms with Crippen LogP contribution in [-0.2, 0) is 9.84 Å². The van der Waals surface area contributed by atoms with Crippen LogP contribution in [0.25, 0.3) is 21.8 Å². The van der Waals surface area contributed by atoms with Crippen molar-refractivity contribution >= 4 is 37.3 Å². The Bertz CT molecular complexity index is 1380. The number of aromatic nitrogens is 3. The summed E-state index contributed by atoms with van der Waals surface area (Å²) in [6.07, 6.45) is 3.05. The number of nitrogens with zero attached hydrogens (tertiary/aromatic N) is 2. The Morgan fingerprint density at radius 1 is 1.12 bits per heavy atom. The van der Waals surface area contributed by atoms with Crippen molar-refractivity contribution in [1.82, 2.24) is 15.2 Å². The second-order valence-electron chi connectivity index (χ2n) is 7.97. The highest BCUT2D eigenvalue weighted by Gasteiger charge is 2.34. The molecule has 0 fully saturated rings. The Labute approximate surface area is 184 Å². The topological polar surface area (TPSA) is 97.0 Å². The number of H-pyrrole nitrogens is 1. The van der Waals surface area contributed by atoms with Gasteiger partial charge < -0.3 is 10.1 Å². The number of anilines is 1. The van der Waals surface area contributed by atoms with Crippen LogP contribution in [0.4, 0.5) is 14.5 Å². The maximum Gasteiger partial charge on any atom is 0.186 e.